The summed E-state index contributed by atoms with van der Waals surface area (Å²) in [5.74, 6) is 0.596. The Hall–Kier alpha value is -0.0800. The summed E-state index contributed by atoms with van der Waals surface area (Å²) in [6.45, 7) is 4.44. The molecular formula is C10H22O2. The zero-order valence-corrected chi connectivity index (χ0v) is 8.29. The summed E-state index contributed by atoms with van der Waals surface area (Å²) in [5, 5.41) is 17.9. The number of hydrogen-bond donors (Lipinski definition) is 2. The highest BCUT2D eigenvalue weighted by molar-refractivity contribution is 4.57. The van der Waals surface area contributed by atoms with E-state index < -0.39 is 0 Å². The topological polar surface area (TPSA) is 40.5 Å². The lowest BCUT2D eigenvalue weighted by atomic mass is 9.99. The van der Waals surface area contributed by atoms with E-state index in [2.05, 4.69) is 6.92 Å². The maximum absolute atomic E-state index is 9.25. The van der Waals surface area contributed by atoms with Gasteiger partial charge in [0, 0.05) is 6.61 Å². The molecule has 12 heavy (non-hydrogen) atoms. The molecule has 2 unspecified atom stereocenters. The fraction of sp³-hybridized carbons (Fsp3) is 1.00. The third-order valence-corrected chi connectivity index (χ3v) is 2.33. The van der Waals surface area contributed by atoms with E-state index in [1.54, 1.807) is 0 Å². The molecule has 0 radical (unpaired) electrons. The predicted octanol–water partition coefficient (Wildman–Crippen LogP) is 1.95. The first-order valence-electron chi connectivity index (χ1n) is 4.99. The highest BCUT2D eigenvalue weighted by atomic mass is 16.3. The summed E-state index contributed by atoms with van der Waals surface area (Å²) in [7, 11) is 0. The standard InChI is InChI=1S/C10H22O2/c1-3-10(12)6-4-5-9(2)7-8-11/h9-12H,3-8H2,1-2H3. The Morgan fingerprint density at radius 2 is 1.83 bits per heavy atom. The zero-order valence-electron chi connectivity index (χ0n) is 8.29. The van der Waals surface area contributed by atoms with Crippen molar-refractivity contribution in [2.24, 2.45) is 5.92 Å². The number of aliphatic hydroxyl groups excluding tert-OH is 2. The van der Waals surface area contributed by atoms with Gasteiger partial charge in [-0.1, -0.05) is 26.7 Å². The Bertz CT molecular complexity index is 93.8. The van der Waals surface area contributed by atoms with E-state index in [0.29, 0.717) is 5.92 Å². The largest absolute Gasteiger partial charge is 0.396 e. The van der Waals surface area contributed by atoms with Crippen molar-refractivity contribution in [3.63, 3.8) is 0 Å². The molecular weight excluding hydrogens is 152 g/mol. The highest BCUT2D eigenvalue weighted by Crippen LogP contribution is 2.13. The van der Waals surface area contributed by atoms with E-state index in [-0.39, 0.29) is 12.7 Å². The van der Waals surface area contributed by atoms with E-state index in [1.807, 2.05) is 6.92 Å². The number of aliphatic hydroxyl groups is 2. The molecule has 2 nitrogen and oxygen atoms in total. The Kier molecular flexibility index (Phi) is 7.51. The molecule has 0 rings (SSSR count). The van der Waals surface area contributed by atoms with Gasteiger partial charge in [-0.05, 0) is 25.2 Å². The minimum absolute atomic E-state index is 0.119. The van der Waals surface area contributed by atoms with Crippen LogP contribution in [0.25, 0.3) is 0 Å². The van der Waals surface area contributed by atoms with E-state index in [4.69, 9.17) is 5.11 Å². The quantitative estimate of drug-likeness (QED) is 0.619. The van der Waals surface area contributed by atoms with Crippen molar-refractivity contribution in [2.45, 2.75) is 52.1 Å². The number of hydrogen-bond acceptors (Lipinski definition) is 2. The van der Waals surface area contributed by atoms with E-state index in [9.17, 15) is 5.11 Å². The van der Waals surface area contributed by atoms with Crippen LogP contribution in [0.15, 0.2) is 0 Å². The molecule has 0 amide bonds. The van der Waals surface area contributed by atoms with Crippen molar-refractivity contribution in [3.8, 4) is 0 Å². The van der Waals surface area contributed by atoms with Crippen molar-refractivity contribution in [2.75, 3.05) is 6.61 Å². The van der Waals surface area contributed by atoms with Gasteiger partial charge in [0.15, 0.2) is 0 Å². The lowest BCUT2D eigenvalue weighted by Gasteiger charge is -2.11. The van der Waals surface area contributed by atoms with Crippen LogP contribution < -0.4 is 0 Å². The second-order valence-electron chi connectivity index (χ2n) is 3.61. The van der Waals surface area contributed by atoms with Crippen LogP contribution in [0.1, 0.15) is 46.0 Å². The monoisotopic (exact) mass is 174 g/mol. The molecule has 0 aromatic carbocycles. The molecule has 2 atom stereocenters. The van der Waals surface area contributed by atoms with Crippen molar-refractivity contribution < 1.29 is 10.2 Å². The van der Waals surface area contributed by atoms with Gasteiger partial charge in [-0.3, -0.25) is 0 Å². The minimum Gasteiger partial charge on any atom is -0.396 e. The molecule has 2 N–H and O–H groups in total. The molecule has 0 aliphatic heterocycles. The van der Waals surface area contributed by atoms with Gasteiger partial charge < -0.3 is 10.2 Å². The highest BCUT2D eigenvalue weighted by Gasteiger charge is 2.03. The molecule has 0 spiro atoms. The van der Waals surface area contributed by atoms with Crippen molar-refractivity contribution >= 4 is 0 Å². The average molecular weight is 174 g/mol. The summed E-state index contributed by atoms with van der Waals surface area (Å²) in [6.07, 6.45) is 4.74. The van der Waals surface area contributed by atoms with Crippen LogP contribution in [0.2, 0.25) is 0 Å². The lowest BCUT2D eigenvalue weighted by molar-refractivity contribution is 0.153. The van der Waals surface area contributed by atoms with Crippen molar-refractivity contribution in [3.05, 3.63) is 0 Å². The Balaban J connectivity index is 3.18. The van der Waals surface area contributed by atoms with Crippen LogP contribution in [-0.2, 0) is 0 Å². The Morgan fingerprint density at radius 3 is 2.33 bits per heavy atom. The molecule has 0 saturated heterocycles. The molecule has 0 aromatic heterocycles. The van der Waals surface area contributed by atoms with Gasteiger partial charge in [0.25, 0.3) is 0 Å². The van der Waals surface area contributed by atoms with Crippen LogP contribution in [0.4, 0.5) is 0 Å². The smallest absolute Gasteiger partial charge is 0.0537 e. The molecule has 2 heteroatoms. The van der Waals surface area contributed by atoms with Crippen molar-refractivity contribution in [1.29, 1.82) is 0 Å². The fourth-order valence-electron chi connectivity index (χ4n) is 1.27. The summed E-state index contributed by atoms with van der Waals surface area (Å²) < 4.78 is 0. The Morgan fingerprint density at radius 1 is 1.17 bits per heavy atom. The zero-order chi connectivity index (χ0) is 9.40. The summed E-state index contributed by atoms with van der Waals surface area (Å²) >= 11 is 0. The second kappa shape index (κ2) is 7.56. The van der Waals surface area contributed by atoms with Crippen LogP contribution in [0.5, 0.6) is 0 Å². The first kappa shape index (κ1) is 11.9. The van der Waals surface area contributed by atoms with Gasteiger partial charge in [0.05, 0.1) is 6.10 Å². The molecule has 0 aromatic rings. The molecule has 0 aliphatic carbocycles. The van der Waals surface area contributed by atoms with Crippen LogP contribution >= 0.6 is 0 Å². The molecule has 0 bridgehead atoms. The van der Waals surface area contributed by atoms with E-state index >= 15 is 0 Å². The molecule has 0 heterocycles. The van der Waals surface area contributed by atoms with E-state index in [1.165, 1.54) is 0 Å². The van der Waals surface area contributed by atoms with Gasteiger partial charge in [0.1, 0.15) is 0 Å². The van der Waals surface area contributed by atoms with Crippen LogP contribution in [-0.4, -0.2) is 22.9 Å². The van der Waals surface area contributed by atoms with Crippen LogP contribution in [0.3, 0.4) is 0 Å². The third kappa shape index (κ3) is 6.62. The molecule has 0 fully saturated rings. The maximum Gasteiger partial charge on any atom is 0.0537 e. The summed E-state index contributed by atoms with van der Waals surface area (Å²) in [5.41, 5.74) is 0. The van der Waals surface area contributed by atoms with Crippen LogP contribution in [0, 0.1) is 5.92 Å². The van der Waals surface area contributed by atoms with Gasteiger partial charge in [-0.15, -0.1) is 0 Å². The number of rotatable bonds is 7. The average Bonchev–Trinajstić information content (AvgIpc) is 2.04. The molecule has 74 valence electrons. The minimum atomic E-state index is -0.119. The van der Waals surface area contributed by atoms with Gasteiger partial charge in [-0.25, -0.2) is 0 Å². The third-order valence-electron chi connectivity index (χ3n) is 2.33. The Labute approximate surface area is 75.6 Å². The lowest BCUT2D eigenvalue weighted by Crippen LogP contribution is -2.05. The van der Waals surface area contributed by atoms with E-state index in [0.717, 1.165) is 32.1 Å². The molecule has 0 aliphatic rings. The maximum atomic E-state index is 9.25. The normalized spacial score (nSPS) is 16.0. The predicted molar refractivity (Wildman–Crippen MR) is 51.0 cm³/mol. The van der Waals surface area contributed by atoms with Gasteiger partial charge in [-0.2, -0.15) is 0 Å². The first-order valence-corrected chi connectivity index (χ1v) is 4.99. The molecule has 0 saturated carbocycles. The van der Waals surface area contributed by atoms with Crippen molar-refractivity contribution in [1.82, 2.24) is 0 Å². The second-order valence-corrected chi connectivity index (χ2v) is 3.61. The summed E-state index contributed by atoms with van der Waals surface area (Å²) in [6, 6.07) is 0. The SMILES string of the molecule is CCC(O)CCCC(C)CCO. The fourth-order valence-corrected chi connectivity index (χ4v) is 1.27. The van der Waals surface area contributed by atoms with Gasteiger partial charge >= 0.3 is 0 Å². The van der Waals surface area contributed by atoms with Gasteiger partial charge in [0.2, 0.25) is 0 Å². The first-order chi connectivity index (χ1) is 5.70. The summed E-state index contributed by atoms with van der Waals surface area (Å²) in [4.78, 5) is 0.